The molecule has 0 bridgehead atoms. The van der Waals surface area contributed by atoms with Crippen molar-refractivity contribution < 1.29 is 24.4 Å². The summed E-state index contributed by atoms with van der Waals surface area (Å²) in [6.45, 7) is 0.121. The van der Waals surface area contributed by atoms with Gasteiger partial charge in [0.2, 0.25) is 0 Å². The lowest BCUT2D eigenvalue weighted by molar-refractivity contribution is -0.121. The van der Waals surface area contributed by atoms with Gasteiger partial charge in [0.25, 0.3) is 6.47 Å². The maximum atomic E-state index is 10.5. The number of carboxylic acids is 1. The molecule has 0 radical (unpaired) electrons. The number of carbonyl (C=O) groups is 2. The minimum absolute atomic E-state index is 0.104. The molecule has 0 aliphatic carbocycles. The third-order valence-corrected chi connectivity index (χ3v) is 1.63. The molecule has 1 aromatic rings. The first-order valence-corrected chi connectivity index (χ1v) is 3.75. The largest absolute Gasteiger partial charge is 0.561 e. The van der Waals surface area contributed by atoms with Gasteiger partial charge in [0.1, 0.15) is 0 Å². The maximum absolute atomic E-state index is 10.5. The summed E-state index contributed by atoms with van der Waals surface area (Å²) in [6, 6.07) is 5.37. The van der Waals surface area contributed by atoms with E-state index in [0.717, 1.165) is 0 Å². The molecule has 1 rings (SSSR count). The Bertz CT molecular complexity index is 334. The van der Waals surface area contributed by atoms with E-state index < -0.39 is 13.1 Å². The van der Waals surface area contributed by atoms with Gasteiger partial charge in [0.15, 0.2) is 0 Å². The lowest BCUT2D eigenvalue weighted by Gasteiger charge is -2.03. The van der Waals surface area contributed by atoms with E-state index in [1.165, 1.54) is 24.3 Å². The Morgan fingerprint density at radius 3 is 2.36 bits per heavy atom. The average molecular weight is 194 g/mol. The Hall–Kier alpha value is -1.82. The van der Waals surface area contributed by atoms with Gasteiger partial charge in [-0.05, 0) is 17.6 Å². The Morgan fingerprint density at radius 2 is 1.93 bits per heavy atom. The van der Waals surface area contributed by atoms with Crippen LogP contribution < -0.4 is 5.46 Å². The zero-order valence-electron chi connectivity index (χ0n) is 7.08. The van der Waals surface area contributed by atoms with Crippen molar-refractivity contribution in [3.05, 3.63) is 29.8 Å². The third-order valence-electron chi connectivity index (χ3n) is 1.63. The maximum Gasteiger partial charge on any atom is 0.561 e. The Morgan fingerprint density at radius 1 is 1.36 bits per heavy atom. The van der Waals surface area contributed by atoms with Crippen LogP contribution >= 0.6 is 0 Å². The first kappa shape index (κ1) is 10.3. The predicted octanol–water partition coefficient (Wildman–Crippen LogP) is -0.755. The number of aromatic carboxylic acids is 1. The highest BCUT2D eigenvalue weighted by molar-refractivity contribution is 6.61. The molecule has 0 unspecified atom stereocenters. The molecule has 5 nitrogen and oxygen atoms in total. The van der Waals surface area contributed by atoms with Gasteiger partial charge in [-0.25, -0.2) is 4.79 Å². The van der Waals surface area contributed by atoms with Gasteiger partial charge >= 0.3 is 13.1 Å². The monoisotopic (exact) mass is 194 g/mol. The van der Waals surface area contributed by atoms with Gasteiger partial charge in [0, 0.05) is 0 Å². The molecule has 72 valence electrons. The fraction of sp³-hybridized carbons (Fsp3) is 0. The average Bonchev–Trinajstić information content (AvgIpc) is 2.18. The lowest BCUT2D eigenvalue weighted by atomic mass is 9.79. The van der Waals surface area contributed by atoms with Crippen molar-refractivity contribution in [1.29, 1.82) is 0 Å². The smallest absolute Gasteiger partial charge is 0.508 e. The summed E-state index contributed by atoms with van der Waals surface area (Å²) in [7, 11) is -1.35. The van der Waals surface area contributed by atoms with Crippen LogP contribution in [0.25, 0.3) is 0 Å². The molecule has 0 amide bonds. The zero-order chi connectivity index (χ0) is 10.6. The van der Waals surface area contributed by atoms with Crippen molar-refractivity contribution >= 4 is 25.0 Å². The Balaban J connectivity index is 2.82. The van der Waals surface area contributed by atoms with Crippen LogP contribution in [0.3, 0.4) is 0 Å². The summed E-state index contributed by atoms with van der Waals surface area (Å²) in [4.78, 5) is 20.3. The normalized spacial score (nSPS) is 9.21. The van der Waals surface area contributed by atoms with Crippen molar-refractivity contribution in [1.82, 2.24) is 0 Å². The van der Waals surface area contributed by atoms with Crippen molar-refractivity contribution in [2.75, 3.05) is 0 Å². The van der Waals surface area contributed by atoms with Crippen molar-refractivity contribution in [2.24, 2.45) is 0 Å². The number of hydrogen-bond donors (Lipinski definition) is 2. The van der Waals surface area contributed by atoms with Crippen LogP contribution in [-0.4, -0.2) is 29.7 Å². The Kier molecular flexibility index (Phi) is 3.25. The number of rotatable bonds is 4. The summed E-state index contributed by atoms with van der Waals surface area (Å²) in [5, 5.41) is 17.7. The van der Waals surface area contributed by atoms with E-state index in [1.807, 2.05) is 0 Å². The number of carboxylic acid groups (broad SMARTS) is 1. The summed E-state index contributed by atoms with van der Waals surface area (Å²) in [6.07, 6.45) is 0. The highest BCUT2D eigenvalue weighted by atomic mass is 16.5. The predicted molar refractivity (Wildman–Crippen MR) is 48.2 cm³/mol. The van der Waals surface area contributed by atoms with Crippen molar-refractivity contribution in [3.8, 4) is 0 Å². The quantitative estimate of drug-likeness (QED) is 0.486. The highest BCUT2D eigenvalue weighted by Gasteiger charge is 2.17. The molecule has 1 aromatic carbocycles. The molecular formula is C8H7BO5. The molecule has 0 saturated heterocycles. The van der Waals surface area contributed by atoms with Crippen LogP contribution in [0.1, 0.15) is 10.4 Å². The second-order valence-corrected chi connectivity index (χ2v) is 2.51. The summed E-state index contributed by atoms with van der Waals surface area (Å²) in [5.41, 5.74) is 0.425. The minimum Gasteiger partial charge on any atom is -0.508 e. The molecule has 14 heavy (non-hydrogen) atoms. The molecule has 0 fully saturated rings. The molecule has 2 N–H and O–H groups in total. The highest BCUT2D eigenvalue weighted by Crippen LogP contribution is 1.97. The molecule has 0 heterocycles. The second-order valence-electron chi connectivity index (χ2n) is 2.51. The van der Waals surface area contributed by atoms with Crippen LogP contribution in [0, 0.1) is 0 Å². The van der Waals surface area contributed by atoms with E-state index >= 15 is 0 Å². The third kappa shape index (κ3) is 2.33. The van der Waals surface area contributed by atoms with Gasteiger partial charge in [-0.1, -0.05) is 12.1 Å². The molecule has 0 aliphatic rings. The fourth-order valence-corrected chi connectivity index (χ4v) is 0.922. The Labute approximate surface area is 80.1 Å². The van der Waals surface area contributed by atoms with Crippen LogP contribution in [0.15, 0.2) is 24.3 Å². The van der Waals surface area contributed by atoms with Crippen molar-refractivity contribution in [2.45, 2.75) is 0 Å². The van der Waals surface area contributed by atoms with Gasteiger partial charge in [0.05, 0.1) is 5.56 Å². The van der Waals surface area contributed by atoms with Gasteiger partial charge in [-0.3, -0.25) is 4.79 Å². The number of carbonyl (C=O) groups excluding carboxylic acids is 1. The molecular weight excluding hydrogens is 187 g/mol. The number of benzene rings is 1. The molecule has 0 aromatic heterocycles. The van der Waals surface area contributed by atoms with Crippen LogP contribution in [0.5, 0.6) is 0 Å². The minimum atomic E-state index is -1.35. The lowest BCUT2D eigenvalue weighted by Crippen LogP contribution is -2.33. The van der Waals surface area contributed by atoms with Gasteiger partial charge in [-0.15, -0.1) is 0 Å². The summed E-state index contributed by atoms with van der Waals surface area (Å²) < 4.78 is 4.26. The standard InChI is InChI=1S/C8H7BO5/c10-5-14-9(13)7-3-1-6(2-4-7)8(11)12/h1-5,13H,(H,11,12). The molecule has 0 spiro atoms. The van der Waals surface area contributed by atoms with Gasteiger partial charge < -0.3 is 14.8 Å². The number of hydrogen-bond acceptors (Lipinski definition) is 4. The van der Waals surface area contributed by atoms with Crippen molar-refractivity contribution in [3.63, 3.8) is 0 Å². The zero-order valence-corrected chi connectivity index (χ0v) is 7.08. The van der Waals surface area contributed by atoms with E-state index in [2.05, 4.69) is 4.65 Å². The second kappa shape index (κ2) is 4.43. The molecule has 6 heteroatoms. The van der Waals surface area contributed by atoms with Crippen LogP contribution in [0.4, 0.5) is 0 Å². The van der Waals surface area contributed by atoms with Crippen LogP contribution in [-0.2, 0) is 9.45 Å². The van der Waals surface area contributed by atoms with E-state index in [9.17, 15) is 9.59 Å². The van der Waals surface area contributed by atoms with E-state index in [-0.39, 0.29) is 12.0 Å². The topological polar surface area (TPSA) is 83.8 Å². The summed E-state index contributed by atoms with van der Waals surface area (Å²) in [5.74, 6) is -1.05. The van der Waals surface area contributed by atoms with E-state index in [4.69, 9.17) is 10.1 Å². The van der Waals surface area contributed by atoms with E-state index in [0.29, 0.717) is 5.46 Å². The van der Waals surface area contributed by atoms with E-state index in [1.54, 1.807) is 0 Å². The summed E-state index contributed by atoms with van der Waals surface area (Å²) >= 11 is 0. The first-order valence-electron chi connectivity index (χ1n) is 3.75. The molecule has 0 aliphatic heterocycles. The SMILES string of the molecule is O=COB(O)c1ccc(C(=O)O)cc1. The van der Waals surface area contributed by atoms with Gasteiger partial charge in [-0.2, -0.15) is 0 Å². The van der Waals surface area contributed by atoms with Crippen LogP contribution in [0.2, 0.25) is 0 Å². The molecule has 0 atom stereocenters. The molecule has 0 saturated carbocycles. The first-order chi connectivity index (χ1) is 6.65. The fourth-order valence-electron chi connectivity index (χ4n) is 0.922.